The molecule has 1 rings (SSSR count). The highest BCUT2D eigenvalue weighted by molar-refractivity contribution is 5.30. The summed E-state index contributed by atoms with van der Waals surface area (Å²) in [7, 11) is 0. The van der Waals surface area contributed by atoms with E-state index in [4.69, 9.17) is 4.74 Å². The minimum atomic E-state index is -0.505. The van der Waals surface area contributed by atoms with Crippen molar-refractivity contribution >= 4 is 0 Å². The van der Waals surface area contributed by atoms with Crippen molar-refractivity contribution in [1.29, 1.82) is 0 Å². The van der Waals surface area contributed by atoms with Gasteiger partial charge in [-0.15, -0.1) is 0 Å². The zero-order valence-corrected chi connectivity index (χ0v) is 11.9. The highest BCUT2D eigenvalue weighted by Crippen LogP contribution is 2.19. The zero-order chi connectivity index (χ0) is 13.6. The van der Waals surface area contributed by atoms with Crippen molar-refractivity contribution in [2.24, 2.45) is 0 Å². The molecule has 0 amide bonds. The number of hydrogen-bond donors (Lipinski definition) is 2. The van der Waals surface area contributed by atoms with Gasteiger partial charge in [0.05, 0.1) is 12.7 Å². The molecule has 3 nitrogen and oxygen atoms in total. The van der Waals surface area contributed by atoms with Crippen LogP contribution in [0.2, 0.25) is 0 Å². The lowest BCUT2D eigenvalue weighted by Crippen LogP contribution is -2.38. The lowest BCUT2D eigenvalue weighted by atomic mass is 10.1. The summed E-state index contributed by atoms with van der Waals surface area (Å²) in [5, 5.41) is 13.4. The summed E-state index contributed by atoms with van der Waals surface area (Å²) < 4.78 is 5.56. The molecule has 1 atom stereocenters. The van der Waals surface area contributed by atoms with Gasteiger partial charge in [0.2, 0.25) is 0 Å². The summed E-state index contributed by atoms with van der Waals surface area (Å²) in [5.74, 6) is 0.823. The Morgan fingerprint density at radius 1 is 1.33 bits per heavy atom. The third kappa shape index (κ3) is 5.52. The Labute approximate surface area is 110 Å². The standard InChI is InChI=1S/C15H25NO2/c1-5-9-18-13-8-6-7-12(10-13)14(17)11-16-15(2,3)4/h6-8,10,14,16-17H,5,9,11H2,1-4H3. The van der Waals surface area contributed by atoms with Crippen LogP contribution >= 0.6 is 0 Å². The van der Waals surface area contributed by atoms with Crippen LogP contribution in [-0.2, 0) is 0 Å². The van der Waals surface area contributed by atoms with Gasteiger partial charge in [-0.05, 0) is 44.9 Å². The third-order valence-electron chi connectivity index (χ3n) is 2.54. The van der Waals surface area contributed by atoms with Gasteiger partial charge in [0.25, 0.3) is 0 Å². The maximum atomic E-state index is 10.1. The Morgan fingerprint density at radius 3 is 2.67 bits per heavy atom. The molecule has 0 aromatic heterocycles. The van der Waals surface area contributed by atoms with Crippen LogP contribution in [0.5, 0.6) is 5.75 Å². The van der Waals surface area contributed by atoms with E-state index in [1.807, 2.05) is 24.3 Å². The number of ether oxygens (including phenoxy) is 1. The molecule has 0 aliphatic carbocycles. The SMILES string of the molecule is CCCOc1cccc(C(O)CNC(C)(C)C)c1. The van der Waals surface area contributed by atoms with Gasteiger partial charge < -0.3 is 15.2 Å². The molecule has 1 aromatic carbocycles. The highest BCUT2D eigenvalue weighted by atomic mass is 16.5. The normalized spacial score (nSPS) is 13.4. The van der Waals surface area contributed by atoms with Crippen molar-refractivity contribution in [1.82, 2.24) is 5.32 Å². The first-order chi connectivity index (χ1) is 8.42. The van der Waals surface area contributed by atoms with Crippen LogP contribution in [0.25, 0.3) is 0 Å². The lowest BCUT2D eigenvalue weighted by Gasteiger charge is -2.23. The van der Waals surface area contributed by atoms with Gasteiger partial charge in [0.1, 0.15) is 5.75 Å². The second kappa shape index (κ2) is 6.76. The molecule has 18 heavy (non-hydrogen) atoms. The van der Waals surface area contributed by atoms with Crippen LogP contribution in [0.15, 0.2) is 24.3 Å². The molecule has 0 saturated heterocycles. The predicted molar refractivity (Wildman–Crippen MR) is 74.9 cm³/mol. The average Bonchev–Trinajstić information content (AvgIpc) is 2.33. The molecular formula is C15H25NO2. The molecule has 0 fully saturated rings. The molecule has 2 N–H and O–H groups in total. The van der Waals surface area contributed by atoms with Crippen LogP contribution in [-0.4, -0.2) is 23.8 Å². The molecular weight excluding hydrogens is 226 g/mol. The van der Waals surface area contributed by atoms with Crippen LogP contribution in [0.3, 0.4) is 0 Å². The van der Waals surface area contributed by atoms with Gasteiger partial charge in [-0.3, -0.25) is 0 Å². The quantitative estimate of drug-likeness (QED) is 0.817. The number of aliphatic hydroxyl groups is 1. The first-order valence-corrected chi connectivity index (χ1v) is 6.58. The molecule has 3 heteroatoms. The molecule has 0 bridgehead atoms. The van der Waals surface area contributed by atoms with Gasteiger partial charge in [-0.1, -0.05) is 19.1 Å². The van der Waals surface area contributed by atoms with E-state index in [-0.39, 0.29) is 5.54 Å². The van der Waals surface area contributed by atoms with E-state index in [0.29, 0.717) is 13.2 Å². The molecule has 1 aromatic rings. The maximum absolute atomic E-state index is 10.1. The first kappa shape index (κ1) is 15.0. The number of hydrogen-bond acceptors (Lipinski definition) is 3. The summed E-state index contributed by atoms with van der Waals surface area (Å²) in [6.45, 7) is 9.58. The third-order valence-corrected chi connectivity index (χ3v) is 2.54. The fourth-order valence-electron chi connectivity index (χ4n) is 1.55. The molecule has 0 radical (unpaired) electrons. The van der Waals surface area contributed by atoms with Gasteiger partial charge >= 0.3 is 0 Å². The largest absolute Gasteiger partial charge is 0.494 e. The van der Waals surface area contributed by atoms with E-state index in [0.717, 1.165) is 17.7 Å². The minimum absolute atomic E-state index is 0.0112. The molecule has 0 aliphatic rings. The van der Waals surface area contributed by atoms with Crippen molar-refractivity contribution in [2.45, 2.75) is 45.8 Å². The number of aliphatic hydroxyl groups excluding tert-OH is 1. The predicted octanol–water partition coefficient (Wildman–Crippen LogP) is 2.90. The minimum Gasteiger partial charge on any atom is -0.494 e. The molecule has 102 valence electrons. The number of benzene rings is 1. The molecule has 0 heterocycles. The van der Waals surface area contributed by atoms with E-state index in [9.17, 15) is 5.11 Å². The fraction of sp³-hybridized carbons (Fsp3) is 0.600. The first-order valence-electron chi connectivity index (χ1n) is 6.58. The van der Waals surface area contributed by atoms with E-state index in [2.05, 4.69) is 33.0 Å². The molecule has 0 saturated carbocycles. The summed E-state index contributed by atoms with van der Waals surface area (Å²) in [6, 6.07) is 7.67. The number of rotatable bonds is 6. The Kier molecular flexibility index (Phi) is 5.63. The van der Waals surface area contributed by atoms with Gasteiger partial charge in [-0.2, -0.15) is 0 Å². The molecule has 1 unspecified atom stereocenters. The summed E-state index contributed by atoms with van der Waals surface area (Å²) in [6.07, 6.45) is 0.479. The Hall–Kier alpha value is -1.06. The number of β-amino-alcohol motifs (C(OH)–C–C–N with tert-alkyl or cyclic N) is 1. The fourth-order valence-corrected chi connectivity index (χ4v) is 1.55. The van der Waals surface area contributed by atoms with Crippen LogP contribution in [0.4, 0.5) is 0 Å². The lowest BCUT2D eigenvalue weighted by molar-refractivity contribution is 0.163. The highest BCUT2D eigenvalue weighted by Gasteiger charge is 2.13. The molecule has 0 spiro atoms. The Morgan fingerprint density at radius 2 is 2.06 bits per heavy atom. The van der Waals surface area contributed by atoms with E-state index in [1.54, 1.807) is 0 Å². The zero-order valence-electron chi connectivity index (χ0n) is 11.9. The van der Waals surface area contributed by atoms with Crippen molar-refractivity contribution in [3.63, 3.8) is 0 Å². The summed E-state index contributed by atoms with van der Waals surface area (Å²) in [4.78, 5) is 0. The second-order valence-electron chi connectivity index (χ2n) is 5.57. The maximum Gasteiger partial charge on any atom is 0.119 e. The Balaban J connectivity index is 2.59. The number of nitrogens with one attached hydrogen (secondary N) is 1. The van der Waals surface area contributed by atoms with Gasteiger partial charge in [0, 0.05) is 12.1 Å². The van der Waals surface area contributed by atoms with E-state index < -0.39 is 6.10 Å². The van der Waals surface area contributed by atoms with Crippen LogP contribution in [0, 0.1) is 0 Å². The topological polar surface area (TPSA) is 41.5 Å². The average molecular weight is 251 g/mol. The van der Waals surface area contributed by atoms with Crippen molar-refractivity contribution in [3.05, 3.63) is 29.8 Å². The summed E-state index contributed by atoms with van der Waals surface area (Å²) >= 11 is 0. The van der Waals surface area contributed by atoms with Crippen molar-refractivity contribution < 1.29 is 9.84 Å². The van der Waals surface area contributed by atoms with Crippen molar-refractivity contribution in [3.8, 4) is 5.75 Å². The smallest absolute Gasteiger partial charge is 0.119 e. The van der Waals surface area contributed by atoms with E-state index in [1.165, 1.54) is 0 Å². The summed E-state index contributed by atoms with van der Waals surface area (Å²) in [5.41, 5.74) is 0.900. The second-order valence-corrected chi connectivity index (χ2v) is 5.57. The monoisotopic (exact) mass is 251 g/mol. The Bertz CT molecular complexity index is 358. The van der Waals surface area contributed by atoms with Crippen LogP contribution in [0.1, 0.15) is 45.8 Å². The van der Waals surface area contributed by atoms with E-state index >= 15 is 0 Å². The molecule has 0 aliphatic heterocycles. The van der Waals surface area contributed by atoms with Crippen LogP contribution < -0.4 is 10.1 Å². The van der Waals surface area contributed by atoms with Crippen molar-refractivity contribution in [2.75, 3.05) is 13.2 Å². The van der Waals surface area contributed by atoms with Gasteiger partial charge in [-0.25, -0.2) is 0 Å². The van der Waals surface area contributed by atoms with Gasteiger partial charge in [0.15, 0.2) is 0 Å².